The van der Waals surface area contributed by atoms with Crippen LogP contribution in [-0.2, 0) is 4.79 Å². The van der Waals surface area contributed by atoms with E-state index in [1.807, 2.05) is 0 Å². The Morgan fingerprint density at radius 1 is 1.57 bits per heavy atom. The highest BCUT2D eigenvalue weighted by atomic mass is 16.1. The predicted octanol–water partition coefficient (Wildman–Crippen LogP) is -1.24. The lowest BCUT2D eigenvalue weighted by atomic mass is 10.2. The number of rotatable bonds is 1. The molecule has 0 aliphatic carbocycles. The van der Waals surface area contributed by atoms with Crippen LogP contribution < -0.4 is 21.9 Å². The van der Waals surface area contributed by atoms with Gasteiger partial charge in [-0.1, -0.05) is 0 Å². The van der Waals surface area contributed by atoms with Gasteiger partial charge in [-0.05, 0) is 0 Å². The summed E-state index contributed by atoms with van der Waals surface area (Å²) in [5, 5.41) is 5.59. The van der Waals surface area contributed by atoms with Crippen molar-refractivity contribution >= 4 is 23.7 Å². The van der Waals surface area contributed by atoms with Crippen molar-refractivity contribution in [1.29, 1.82) is 0 Å². The first-order valence-electron chi connectivity index (χ1n) is 4.06. The molecular formula is C7H9N5O2. The van der Waals surface area contributed by atoms with E-state index in [4.69, 9.17) is 5.73 Å². The van der Waals surface area contributed by atoms with E-state index in [0.717, 1.165) is 6.29 Å². The van der Waals surface area contributed by atoms with E-state index in [0.29, 0.717) is 12.4 Å². The topological polar surface area (TPSA) is 113 Å². The van der Waals surface area contributed by atoms with Gasteiger partial charge in [0.1, 0.15) is 12.0 Å². The first-order chi connectivity index (χ1) is 6.70. The van der Waals surface area contributed by atoms with Gasteiger partial charge in [0.2, 0.25) is 5.95 Å². The highest BCUT2D eigenvalue weighted by molar-refractivity contribution is 5.74. The van der Waals surface area contributed by atoms with Gasteiger partial charge in [0, 0.05) is 6.54 Å². The minimum absolute atomic E-state index is 0.0487. The second-order valence-corrected chi connectivity index (χ2v) is 2.94. The highest BCUT2D eigenvalue weighted by Crippen LogP contribution is 2.18. The van der Waals surface area contributed by atoms with Gasteiger partial charge in [-0.15, -0.1) is 0 Å². The van der Waals surface area contributed by atoms with Crippen LogP contribution in [0.25, 0.3) is 0 Å². The average Bonchev–Trinajstić information content (AvgIpc) is 2.17. The third-order valence-corrected chi connectivity index (χ3v) is 1.92. The Balaban J connectivity index is 2.47. The highest BCUT2D eigenvalue weighted by Gasteiger charge is 2.20. The summed E-state index contributed by atoms with van der Waals surface area (Å²) in [6.07, 6.45) is 0.728. The van der Waals surface area contributed by atoms with Crippen molar-refractivity contribution in [1.82, 2.24) is 9.97 Å². The molecule has 7 nitrogen and oxygen atoms in total. The van der Waals surface area contributed by atoms with Crippen LogP contribution in [0.15, 0.2) is 4.79 Å². The van der Waals surface area contributed by atoms with Gasteiger partial charge in [0.15, 0.2) is 5.82 Å². The van der Waals surface area contributed by atoms with Crippen molar-refractivity contribution in [2.24, 2.45) is 0 Å². The van der Waals surface area contributed by atoms with Gasteiger partial charge in [-0.2, -0.15) is 4.98 Å². The van der Waals surface area contributed by atoms with Crippen molar-refractivity contribution < 1.29 is 4.79 Å². The Bertz CT molecular complexity index is 427. The Morgan fingerprint density at radius 3 is 3.07 bits per heavy atom. The van der Waals surface area contributed by atoms with Gasteiger partial charge in [-0.25, -0.2) is 0 Å². The SMILES string of the molecule is Nc1nc2c(c(=O)[nH]1)N[C@@H](C=O)CN2. The quantitative estimate of drug-likeness (QED) is 0.417. The van der Waals surface area contributed by atoms with Gasteiger partial charge in [-0.3, -0.25) is 9.78 Å². The molecule has 0 amide bonds. The summed E-state index contributed by atoms with van der Waals surface area (Å²) < 4.78 is 0. The Hall–Kier alpha value is -2.05. The first kappa shape index (κ1) is 8.54. The standard InChI is InChI=1S/C7H9N5O2/c8-7-11-5-4(6(14)12-7)10-3(2-13)1-9-5/h2-3,10H,1H2,(H4,8,9,11,12,14)/t3-/m1/s1. The van der Waals surface area contributed by atoms with Crippen LogP contribution in [0.3, 0.4) is 0 Å². The van der Waals surface area contributed by atoms with Gasteiger partial charge < -0.3 is 21.2 Å². The number of aromatic amines is 1. The van der Waals surface area contributed by atoms with Crippen LogP contribution in [0.5, 0.6) is 0 Å². The zero-order valence-electron chi connectivity index (χ0n) is 7.20. The van der Waals surface area contributed by atoms with Crippen LogP contribution in [0.1, 0.15) is 0 Å². The minimum Gasteiger partial charge on any atom is -0.369 e. The maximum atomic E-state index is 11.4. The fourth-order valence-electron chi connectivity index (χ4n) is 1.28. The van der Waals surface area contributed by atoms with Crippen LogP contribution in [-0.4, -0.2) is 28.8 Å². The maximum Gasteiger partial charge on any atom is 0.277 e. The number of anilines is 3. The van der Waals surface area contributed by atoms with Crippen molar-refractivity contribution in [3.05, 3.63) is 10.4 Å². The molecule has 1 aromatic rings. The number of H-pyrrole nitrogens is 1. The van der Waals surface area contributed by atoms with E-state index in [2.05, 4.69) is 20.6 Å². The van der Waals surface area contributed by atoms with E-state index < -0.39 is 6.04 Å². The number of carbonyl (C=O) groups is 1. The second-order valence-electron chi connectivity index (χ2n) is 2.94. The molecule has 74 valence electrons. The zero-order valence-corrected chi connectivity index (χ0v) is 7.20. The molecular weight excluding hydrogens is 186 g/mol. The third kappa shape index (κ3) is 1.28. The number of aldehydes is 1. The number of nitrogen functional groups attached to an aromatic ring is 1. The summed E-state index contributed by atoms with van der Waals surface area (Å²) in [5.41, 5.74) is 5.22. The molecule has 0 saturated carbocycles. The van der Waals surface area contributed by atoms with Crippen molar-refractivity contribution in [2.75, 3.05) is 22.9 Å². The molecule has 1 aliphatic heterocycles. The van der Waals surface area contributed by atoms with Crippen molar-refractivity contribution in [3.8, 4) is 0 Å². The van der Waals surface area contributed by atoms with E-state index >= 15 is 0 Å². The molecule has 0 unspecified atom stereocenters. The number of aromatic nitrogens is 2. The molecule has 0 aromatic carbocycles. The predicted molar refractivity (Wildman–Crippen MR) is 51.2 cm³/mol. The Labute approximate surface area is 78.7 Å². The smallest absolute Gasteiger partial charge is 0.277 e. The molecule has 2 heterocycles. The lowest BCUT2D eigenvalue weighted by molar-refractivity contribution is -0.108. The molecule has 1 aromatic heterocycles. The molecule has 5 N–H and O–H groups in total. The maximum absolute atomic E-state index is 11.4. The summed E-state index contributed by atoms with van der Waals surface area (Å²) >= 11 is 0. The fourth-order valence-corrected chi connectivity index (χ4v) is 1.28. The Kier molecular flexibility index (Phi) is 1.84. The first-order valence-corrected chi connectivity index (χ1v) is 4.06. The molecule has 0 saturated heterocycles. The molecule has 1 aliphatic rings. The second kappa shape index (κ2) is 3.02. The van der Waals surface area contributed by atoms with E-state index in [1.54, 1.807) is 0 Å². The van der Waals surface area contributed by atoms with Gasteiger partial charge in [0.25, 0.3) is 5.56 Å². The number of nitrogens with zero attached hydrogens (tertiary/aromatic N) is 1. The molecule has 0 bridgehead atoms. The molecule has 7 heteroatoms. The number of hydrogen-bond donors (Lipinski definition) is 4. The largest absolute Gasteiger partial charge is 0.369 e. The molecule has 0 fully saturated rings. The Morgan fingerprint density at radius 2 is 2.36 bits per heavy atom. The molecule has 14 heavy (non-hydrogen) atoms. The third-order valence-electron chi connectivity index (χ3n) is 1.92. The summed E-state index contributed by atoms with van der Waals surface area (Å²) in [6, 6.07) is -0.408. The van der Waals surface area contributed by atoms with Gasteiger partial charge >= 0.3 is 0 Å². The lowest BCUT2D eigenvalue weighted by Gasteiger charge is -2.22. The fraction of sp³-hybridized carbons (Fsp3) is 0.286. The van der Waals surface area contributed by atoms with Crippen LogP contribution in [0.2, 0.25) is 0 Å². The van der Waals surface area contributed by atoms with E-state index in [1.165, 1.54) is 0 Å². The number of nitrogens with two attached hydrogens (primary N) is 1. The van der Waals surface area contributed by atoms with Crippen LogP contribution in [0.4, 0.5) is 17.5 Å². The molecule has 2 rings (SSSR count). The summed E-state index contributed by atoms with van der Waals surface area (Å²) in [5.74, 6) is 0.428. The molecule has 0 radical (unpaired) electrons. The lowest BCUT2D eigenvalue weighted by Crippen LogP contribution is -2.38. The summed E-state index contributed by atoms with van der Waals surface area (Å²) in [7, 11) is 0. The number of carbonyl (C=O) groups excluding carboxylic acids is 1. The van der Waals surface area contributed by atoms with Crippen LogP contribution in [0, 0.1) is 0 Å². The number of hydrogen-bond acceptors (Lipinski definition) is 6. The number of nitrogens with one attached hydrogen (secondary N) is 3. The molecule has 0 spiro atoms. The summed E-state index contributed by atoms with van der Waals surface area (Å²) in [6.45, 7) is 0.395. The van der Waals surface area contributed by atoms with E-state index in [9.17, 15) is 9.59 Å². The van der Waals surface area contributed by atoms with Crippen molar-refractivity contribution in [3.63, 3.8) is 0 Å². The zero-order chi connectivity index (χ0) is 10.1. The average molecular weight is 195 g/mol. The number of fused-ring (bicyclic) bond motifs is 1. The van der Waals surface area contributed by atoms with E-state index in [-0.39, 0.29) is 17.2 Å². The summed E-state index contributed by atoms with van der Waals surface area (Å²) in [4.78, 5) is 28.1. The normalized spacial score (nSPS) is 19.0. The molecule has 1 atom stereocenters. The van der Waals surface area contributed by atoms with Crippen molar-refractivity contribution in [2.45, 2.75) is 6.04 Å². The minimum atomic E-state index is -0.408. The monoisotopic (exact) mass is 195 g/mol. The van der Waals surface area contributed by atoms with Crippen LogP contribution >= 0.6 is 0 Å². The van der Waals surface area contributed by atoms with Gasteiger partial charge in [0.05, 0.1) is 6.04 Å².